The van der Waals surface area contributed by atoms with Crippen LogP contribution in [0, 0.1) is 0 Å². The Morgan fingerprint density at radius 1 is 1.08 bits per heavy atom. The maximum Gasteiger partial charge on any atom is 0.277 e. The molecule has 0 spiro atoms. The number of rotatable bonds is 9. The smallest absolute Gasteiger partial charge is 0.277 e. The first-order valence-corrected chi connectivity index (χ1v) is 8.48. The molecule has 0 aliphatic carbocycles. The number of unbranched alkanes of at least 4 members (excludes halogenated alkanes) is 1. The van der Waals surface area contributed by atoms with Gasteiger partial charge in [0.05, 0.1) is 12.8 Å². The number of ether oxygens (including phenoxy) is 2. The van der Waals surface area contributed by atoms with E-state index in [2.05, 4.69) is 17.5 Å². The van der Waals surface area contributed by atoms with Crippen molar-refractivity contribution in [2.45, 2.75) is 19.8 Å². The third kappa shape index (κ3) is 7.27. The van der Waals surface area contributed by atoms with Crippen LogP contribution in [0.3, 0.4) is 0 Å². The lowest BCUT2D eigenvalue weighted by Gasteiger charge is -2.07. The Balaban J connectivity index is 1.71. The van der Waals surface area contributed by atoms with E-state index in [1.54, 1.807) is 36.4 Å². The fourth-order valence-electron chi connectivity index (χ4n) is 1.88. The summed E-state index contributed by atoms with van der Waals surface area (Å²) in [6.07, 6.45) is 3.66. The molecule has 0 heterocycles. The average Bonchev–Trinajstić information content (AvgIpc) is 2.63. The fraction of sp³-hybridized carbons (Fsp3) is 0.263. The average molecular weight is 361 g/mol. The maximum absolute atomic E-state index is 11.7. The lowest BCUT2D eigenvalue weighted by Crippen LogP contribution is -2.24. The van der Waals surface area contributed by atoms with E-state index in [1.807, 2.05) is 12.1 Å². The molecule has 2 aromatic rings. The van der Waals surface area contributed by atoms with Gasteiger partial charge in [0.1, 0.15) is 11.5 Å². The maximum atomic E-state index is 11.7. The standard InChI is InChI=1S/C19H21ClN2O3/c1-2-3-12-24-17-8-10-18(11-9-17)25-14-19(23)22-21-13-15-4-6-16(20)7-5-15/h4-11,13H,2-3,12,14H2,1H3,(H,22,23). The van der Waals surface area contributed by atoms with Crippen molar-refractivity contribution < 1.29 is 14.3 Å². The molecule has 6 heteroatoms. The van der Waals surface area contributed by atoms with Gasteiger partial charge < -0.3 is 9.47 Å². The molecule has 25 heavy (non-hydrogen) atoms. The van der Waals surface area contributed by atoms with Crippen molar-refractivity contribution >= 4 is 23.7 Å². The van der Waals surface area contributed by atoms with Crippen LogP contribution < -0.4 is 14.9 Å². The number of amides is 1. The van der Waals surface area contributed by atoms with Crippen LogP contribution in [0.5, 0.6) is 11.5 Å². The number of nitrogens with zero attached hydrogens (tertiary/aromatic N) is 1. The van der Waals surface area contributed by atoms with Crippen LogP contribution in [0.2, 0.25) is 5.02 Å². The van der Waals surface area contributed by atoms with Crippen molar-refractivity contribution in [3.63, 3.8) is 0 Å². The van der Waals surface area contributed by atoms with Gasteiger partial charge in [-0.05, 0) is 48.4 Å². The summed E-state index contributed by atoms with van der Waals surface area (Å²) in [5.74, 6) is 1.05. The molecule has 2 aromatic carbocycles. The summed E-state index contributed by atoms with van der Waals surface area (Å²) < 4.78 is 11.0. The highest BCUT2D eigenvalue weighted by molar-refractivity contribution is 6.30. The third-order valence-corrected chi connectivity index (χ3v) is 3.49. The van der Waals surface area contributed by atoms with E-state index in [0.717, 1.165) is 24.2 Å². The quantitative estimate of drug-likeness (QED) is 0.417. The number of hydrazone groups is 1. The summed E-state index contributed by atoms with van der Waals surface area (Å²) in [5.41, 5.74) is 3.25. The minimum absolute atomic E-state index is 0.117. The summed E-state index contributed by atoms with van der Waals surface area (Å²) in [6.45, 7) is 2.70. The van der Waals surface area contributed by atoms with E-state index in [9.17, 15) is 4.79 Å². The van der Waals surface area contributed by atoms with Crippen molar-refractivity contribution in [1.29, 1.82) is 0 Å². The Morgan fingerprint density at radius 3 is 2.36 bits per heavy atom. The molecule has 1 amide bonds. The van der Waals surface area contributed by atoms with E-state index in [-0.39, 0.29) is 12.5 Å². The molecule has 0 aliphatic heterocycles. The number of hydrogen-bond acceptors (Lipinski definition) is 4. The Morgan fingerprint density at radius 2 is 1.72 bits per heavy atom. The number of carbonyl (C=O) groups excluding carboxylic acids is 1. The normalized spacial score (nSPS) is 10.6. The van der Waals surface area contributed by atoms with Gasteiger partial charge in [0.15, 0.2) is 6.61 Å². The van der Waals surface area contributed by atoms with Gasteiger partial charge in [0, 0.05) is 5.02 Å². The minimum Gasteiger partial charge on any atom is -0.494 e. The number of hydrogen-bond donors (Lipinski definition) is 1. The Bertz CT molecular complexity index is 685. The lowest BCUT2D eigenvalue weighted by atomic mass is 10.2. The summed E-state index contributed by atoms with van der Waals surface area (Å²) in [7, 11) is 0. The van der Waals surface area contributed by atoms with E-state index < -0.39 is 0 Å². The van der Waals surface area contributed by atoms with E-state index >= 15 is 0 Å². The van der Waals surface area contributed by atoms with Crippen LogP contribution in [0.4, 0.5) is 0 Å². The second-order valence-corrected chi connectivity index (χ2v) is 5.74. The number of carbonyl (C=O) groups is 1. The summed E-state index contributed by atoms with van der Waals surface area (Å²) in [5, 5.41) is 4.52. The van der Waals surface area contributed by atoms with Crippen LogP contribution in [-0.4, -0.2) is 25.3 Å². The van der Waals surface area contributed by atoms with Crippen LogP contribution in [0.15, 0.2) is 53.6 Å². The second-order valence-electron chi connectivity index (χ2n) is 5.31. The minimum atomic E-state index is -0.339. The molecule has 0 radical (unpaired) electrons. The third-order valence-electron chi connectivity index (χ3n) is 3.23. The molecule has 1 N–H and O–H groups in total. The zero-order valence-electron chi connectivity index (χ0n) is 14.1. The molecule has 0 bridgehead atoms. The van der Waals surface area contributed by atoms with E-state index in [0.29, 0.717) is 17.4 Å². The van der Waals surface area contributed by atoms with Gasteiger partial charge in [-0.15, -0.1) is 0 Å². The highest BCUT2D eigenvalue weighted by Gasteiger charge is 2.02. The zero-order valence-corrected chi connectivity index (χ0v) is 14.8. The lowest BCUT2D eigenvalue weighted by molar-refractivity contribution is -0.123. The van der Waals surface area contributed by atoms with Gasteiger partial charge in [0.25, 0.3) is 5.91 Å². The summed E-state index contributed by atoms with van der Waals surface area (Å²) in [4.78, 5) is 11.7. The van der Waals surface area contributed by atoms with Gasteiger partial charge >= 0.3 is 0 Å². The van der Waals surface area contributed by atoms with Crippen molar-refractivity contribution in [1.82, 2.24) is 5.43 Å². The van der Waals surface area contributed by atoms with Crippen LogP contribution >= 0.6 is 11.6 Å². The predicted molar refractivity (Wildman–Crippen MR) is 99.5 cm³/mol. The van der Waals surface area contributed by atoms with E-state index in [1.165, 1.54) is 6.21 Å². The molecule has 0 unspecified atom stereocenters. The van der Waals surface area contributed by atoms with Crippen LogP contribution in [-0.2, 0) is 4.79 Å². The molecule has 0 atom stereocenters. The Labute approximate surface area is 152 Å². The largest absolute Gasteiger partial charge is 0.494 e. The topological polar surface area (TPSA) is 59.9 Å². The fourth-order valence-corrected chi connectivity index (χ4v) is 2.00. The highest BCUT2D eigenvalue weighted by atomic mass is 35.5. The second kappa shape index (κ2) is 10.4. The number of nitrogens with one attached hydrogen (secondary N) is 1. The monoisotopic (exact) mass is 360 g/mol. The number of halogens is 1. The zero-order chi connectivity index (χ0) is 17.9. The summed E-state index contributed by atoms with van der Waals surface area (Å²) in [6, 6.07) is 14.3. The van der Waals surface area contributed by atoms with Gasteiger partial charge in [-0.2, -0.15) is 5.10 Å². The highest BCUT2D eigenvalue weighted by Crippen LogP contribution is 2.17. The Hall–Kier alpha value is -2.53. The molecule has 5 nitrogen and oxygen atoms in total. The molecule has 2 rings (SSSR count). The molecule has 0 fully saturated rings. The molecular weight excluding hydrogens is 340 g/mol. The first-order chi connectivity index (χ1) is 12.2. The van der Waals surface area contributed by atoms with Gasteiger partial charge in [-0.1, -0.05) is 37.1 Å². The van der Waals surface area contributed by atoms with Crippen molar-refractivity contribution in [3.05, 3.63) is 59.1 Å². The van der Waals surface area contributed by atoms with Gasteiger partial charge in [-0.25, -0.2) is 5.43 Å². The molecule has 0 aromatic heterocycles. The summed E-state index contributed by atoms with van der Waals surface area (Å²) >= 11 is 5.80. The van der Waals surface area contributed by atoms with Gasteiger partial charge in [0.2, 0.25) is 0 Å². The molecular formula is C19H21ClN2O3. The van der Waals surface area contributed by atoms with Crippen LogP contribution in [0.1, 0.15) is 25.3 Å². The molecule has 0 saturated heterocycles. The van der Waals surface area contributed by atoms with Crippen LogP contribution in [0.25, 0.3) is 0 Å². The molecule has 0 aliphatic rings. The van der Waals surface area contributed by atoms with Crippen molar-refractivity contribution in [2.75, 3.05) is 13.2 Å². The predicted octanol–water partition coefficient (Wildman–Crippen LogP) is 4.05. The van der Waals surface area contributed by atoms with Gasteiger partial charge in [-0.3, -0.25) is 4.79 Å². The molecule has 132 valence electrons. The molecule has 0 saturated carbocycles. The van der Waals surface area contributed by atoms with Crippen molar-refractivity contribution in [3.8, 4) is 11.5 Å². The Kier molecular flexibility index (Phi) is 7.79. The van der Waals surface area contributed by atoms with Crippen molar-refractivity contribution in [2.24, 2.45) is 5.10 Å². The SMILES string of the molecule is CCCCOc1ccc(OCC(=O)NN=Cc2ccc(Cl)cc2)cc1. The number of benzene rings is 2. The first-order valence-electron chi connectivity index (χ1n) is 8.10. The first kappa shape index (κ1) is 18.8. The van der Waals surface area contributed by atoms with E-state index in [4.69, 9.17) is 21.1 Å².